The molecular weight excluding hydrogens is 374 g/mol. The van der Waals surface area contributed by atoms with Gasteiger partial charge in [0.25, 0.3) is 5.91 Å². The second kappa shape index (κ2) is 12.2. The van der Waals surface area contributed by atoms with Gasteiger partial charge in [0.05, 0.1) is 6.54 Å². The number of carbonyl (C=O) groups is 2. The summed E-state index contributed by atoms with van der Waals surface area (Å²) in [6.07, 6.45) is 0.795. The summed E-state index contributed by atoms with van der Waals surface area (Å²) in [6, 6.07) is 3.04. The van der Waals surface area contributed by atoms with Crippen LogP contribution in [-0.2, 0) is 30.3 Å². The Bertz CT molecular complexity index is 693. The van der Waals surface area contributed by atoms with Gasteiger partial charge in [-0.05, 0) is 13.0 Å². The zero-order valence-corrected chi connectivity index (χ0v) is 16.5. The van der Waals surface area contributed by atoms with Crippen molar-refractivity contribution in [1.29, 1.82) is 0 Å². The van der Waals surface area contributed by atoms with E-state index in [1.807, 2.05) is 0 Å². The first kappa shape index (κ1) is 23.7. The van der Waals surface area contributed by atoms with Gasteiger partial charge in [-0.3, -0.25) is 9.59 Å². The van der Waals surface area contributed by atoms with E-state index in [9.17, 15) is 18.4 Å². The van der Waals surface area contributed by atoms with E-state index in [1.165, 1.54) is 26.5 Å². The molecule has 0 atom stereocenters. The summed E-state index contributed by atoms with van der Waals surface area (Å²) in [5.74, 6) is -2.73. The van der Waals surface area contributed by atoms with Gasteiger partial charge in [0, 0.05) is 52.2 Å². The van der Waals surface area contributed by atoms with Crippen LogP contribution in [-0.4, -0.2) is 63.9 Å². The third-order valence-corrected chi connectivity index (χ3v) is 3.75. The SMILES string of the molecule is CCOCC(=O)/C(=C\N(C)CC(OC)OC)C(=O)NCc1ccc(F)cc1F. The van der Waals surface area contributed by atoms with Gasteiger partial charge in [-0.1, -0.05) is 6.07 Å². The Kier molecular flexibility index (Phi) is 10.3. The highest BCUT2D eigenvalue weighted by Gasteiger charge is 2.20. The molecule has 1 rings (SSSR count). The molecule has 1 amide bonds. The van der Waals surface area contributed by atoms with E-state index in [0.717, 1.165) is 12.1 Å². The number of nitrogens with one attached hydrogen (secondary N) is 1. The molecule has 0 radical (unpaired) electrons. The molecule has 0 spiro atoms. The number of carbonyl (C=O) groups excluding carboxylic acids is 2. The number of Topliss-reactive ketones (excluding diaryl/α,β-unsaturated/α-hetero) is 1. The monoisotopic (exact) mass is 400 g/mol. The first-order valence-corrected chi connectivity index (χ1v) is 8.63. The molecule has 0 aliphatic rings. The third-order valence-electron chi connectivity index (χ3n) is 3.75. The molecule has 0 aliphatic heterocycles. The lowest BCUT2D eigenvalue weighted by Crippen LogP contribution is -2.33. The predicted octanol–water partition coefficient (Wildman–Crippen LogP) is 1.62. The molecule has 1 N–H and O–H groups in total. The molecule has 0 aliphatic carbocycles. The smallest absolute Gasteiger partial charge is 0.256 e. The standard InChI is InChI=1S/C19H26F2N2O5/c1-5-28-12-17(24)15(10-23(2)11-18(26-3)27-4)19(25)22-9-13-6-7-14(20)8-16(13)21/h6-8,10,18H,5,9,11-12H2,1-4H3,(H,22,25)/b15-10+. The molecule has 0 saturated heterocycles. The Morgan fingerprint density at radius 2 is 1.93 bits per heavy atom. The largest absolute Gasteiger partial charge is 0.375 e. The lowest BCUT2D eigenvalue weighted by molar-refractivity contribution is -0.125. The lowest BCUT2D eigenvalue weighted by Gasteiger charge is -2.21. The normalized spacial score (nSPS) is 11.6. The van der Waals surface area contributed by atoms with Crippen LogP contribution >= 0.6 is 0 Å². The van der Waals surface area contributed by atoms with Crippen molar-refractivity contribution in [3.63, 3.8) is 0 Å². The van der Waals surface area contributed by atoms with Crippen LogP contribution in [0.1, 0.15) is 12.5 Å². The van der Waals surface area contributed by atoms with Gasteiger partial charge in [-0.2, -0.15) is 0 Å². The van der Waals surface area contributed by atoms with Crippen LogP contribution in [0.15, 0.2) is 30.0 Å². The van der Waals surface area contributed by atoms with Crippen molar-refractivity contribution in [3.05, 3.63) is 47.2 Å². The fourth-order valence-electron chi connectivity index (χ4n) is 2.22. The van der Waals surface area contributed by atoms with Crippen molar-refractivity contribution in [2.24, 2.45) is 0 Å². The highest BCUT2D eigenvalue weighted by Crippen LogP contribution is 2.10. The van der Waals surface area contributed by atoms with Crippen molar-refractivity contribution in [3.8, 4) is 0 Å². The van der Waals surface area contributed by atoms with E-state index < -0.39 is 29.6 Å². The maximum atomic E-state index is 13.7. The number of rotatable bonds is 12. The number of ether oxygens (including phenoxy) is 3. The predicted molar refractivity (Wildman–Crippen MR) is 98.2 cm³/mol. The Labute approximate surface area is 163 Å². The lowest BCUT2D eigenvalue weighted by atomic mass is 10.1. The van der Waals surface area contributed by atoms with Crippen molar-refractivity contribution in [1.82, 2.24) is 10.2 Å². The molecule has 0 unspecified atom stereocenters. The highest BCUT2D eigenvalue weighted by atomic mass is 19.1. The summed E-state index contributed by atoms with van der Waals surface area (Å²) in [5, 5.41) is 2.47. The van der Waals surface area contributed by atoms with E-state index in [0.29, 0.717) is 6.61 Å². The summed E-state index contributed by atoms with van der Waals surface area (Å²) in [5.41, 5.74) is -0.0667. The van der Waals surface area contributed by atoms with Gasteiger partial charge in [-0.15, -0.1) is 0 Å². The Morgan fingerprint density at radius 1 is 1.25 bits per heavy atom. The van der Waals surface area contributed by atoms with E-state index in [4.69, 9.17) is 14.2 Å². The number of methoxy groups -OCH3 is 2. The van der Waals surface area contributed by atoms with Gasteiger partial charge in [0.1, 0.15) is 23.8 Å². The molecule has 0 fully saturated rings. The summed E-state index contributed by atoms with van der Waals surface area (Å²) in [6.45, 7) is 1.83. The van der Waals surface area contributed by atoms with Crippen molar-refractivity contribution < 1.29 is 32.6 Å². The summed E-state index contributed by atoms with van der Waals surface area (Å²) < 4.78 is 42.0. The molecule has 9 heteroatoms. The molecule has 0 saturated carbocycles. The second-order valence-electron chi connectivity index (χ2n) is 5.86. The summed E-state index contributed by atoms with van der Waals surface area (Å²) >= 11 is 0. The number of hydrogen-bond acceptors (Lipinski definition) is 6. The number of likely N-dealkylation sites (N-methyl/N-ethyl adjacent to an activating group) is 1. The van der Waals surface area contributed by atoms with E-state index in [2.05, 4.69) is 5.32 Å². The molecule has 0 bridgehead atoms. The number of nitrogens with zero attached hydrogens (tertiary/aromatic N) is 1. The first-order chi connectivity index (χ1) is 13.3. The molecule has 28 heavy (non-hydrogen) atoms. The molecule has 7 nitrogen and oxygen atoms in total. The maximum Gasteiger partial charge on any atom is 0.256 e. The van der Waals surface area contributed by atoms with Crippen LogP contribution in [0.25, 0.3) is 0 Å². The summed E-state index contributed by atoms with van der Waals surface area (Å²) in [4.78, 5) is 26.4. The van der Waals surface area contributed by atoms with E-state index in [1.54, 1.807) is 18.9 Å². The van der Waals surface area contributed by atoms with Crippen molar-refractivity contribution in [2.45, 2.75) is 19.8 Å². The maximum absolute atomic E-state index is 13.7. The zero-order chi connectivity index (χ0) is 21.1. The van der Waals surface area contributed by atoms with Crippen molar-refractivity contribution in [2.75, 3.05) is 41.0 Å². The van der Waals surface area contributed by atoms with Crippen molar-refractivity contribution >= 4 is 11.7 Å². The van der Waals surface area contributed by atoms with Gasteiger partial charge in [-0.25, -0.2) is 8.78 Å². The quantitative estimate of drug-likeness (QED) is 0.249. The van der Waals surface area contributed by atoms with Crippen LogP contribution < -0.4 is 5.32 Å². The van der Waals surface area contributed by atoms with E-state index >= 15 is 0 Å². The minimum absolute atomic E-state index is 0.0959. The number of ketones is 1. The molecule has 0 aromatic heterocycles. The minimum atomic E-state index is -0.786. The van der Waals surface area contributed by atoms with E-state index in [-0.39, 0.29) is 30.8 Å². The van der Waals surface area contributed by atoms with Gasteiger partial charge >= 0.3 is 0 Å². The fourth-order valence-corrected chi connectivity index (χ4v) is 2.22. The molecule has 0 heterocycles. The Hall–Kier alpha value is -2.36. The number of halogens is 2. The molecular formula is C19H26F2N2O5. The average Bonchev–Trinajstić information content (AvgIpc) is 2.67. The van der Waals surface area contributed by atoms with Gasteiger partial charge in [0.2, 0.25) is 0 Å². The zero-order valence-electron chi connectivity index (χ0n) is 16.5. The molecule has 156 valence electrons. The Morgan fingerprint density at radius 3 is 2.50 bits per heavy atom. The third kappa shape index (κ3) is 7.71. The van der Waals surface area contributed by atoms with Crippen LogP contribution in [0.5, 0.6) is 0 Å². The fraction of sp³-hybridized carbons (Fsp3) is 0.474. The van der Waals surface area contributed by atoms with Gasteiger partial charge < -0.3 is 24.4 Å². The summed E-state index contributed by atoms with van der Waals surface area (Å²) in [7, 11) is 4.58. The minimum Gasteiger partial charge on any atom is -0.375 e. The van der Waals surface area contributed by atoms with Gasteiger partial charge in [0.15, 0.2) is 12.1 Å². The van der Waals surface area contributed by atoms with Crippen LogP contribution in [0.3, 0.4) is 0 Å². The first-order valence-electron chi connectivity index (χ1n) is 8.63. The number of amides is 1. The van der Waals surface area contributed by atoms with Crippen LogP contribution in [0.2, 0.25) is 0 Å². The molecule has 1 aromatic carbocycles. The topological polar surface area (TPSA) is 77.1 Å². The number of hydrogen-bond donors (Lipinski definition) is 1. The highest BCUT2D eigenvalue weighted by molar-refractivity contribution is 6.19. The number of benzene rings is 1. The second-order valence-corrected chi connectivity index (χ2v) is 5.86. The molecule has 1 aromatic rings. The average molecular weight is 400 g/mol. The van der Waals surface area contributed by atoms with Crippen LogP contribution in [0, 0.1) is 11.6 Å². The van der Waals surface area contributed by atoms with Crippen LogP contribution in [0.4, 0.5) is 8.78 Å². The Balaban J connectivity index is 2.91.